The van der Waals surface area contributed by atoms with Gasteiger partial charge in [0.1, 0.15) is 0 Å². The van der Waals surface area contributed by atoms with E-state index >= 15 is 0 Å². The third-order valence-corrected chi connectivity index (χ3v) is 2.21. The lowest BCUT2D eigenvalue weighted by molar-refractivity contribution is 0.0914. The second-order valence-corrected chi connectivity index (χ2v) is 4.18. The number of nitrogens with zero attached hydrogens (tertiary/aromatic N) is 1. The average molecular weight is 207 g/mol. The van der Waals surface area contributed by atoms with Crippen molar-refractivity contribution in [1.29, 1.82) is 0 Å². The molecule has 0 aliphatic rings. The van der Waals surface area contributed by atoms with Crippen molar-refractivity contribution in [3.05, 3.63) is 29.6 Å². The first-order valence-corrected chi connectivity index (χ1v) is 4.90. The monoisotopic (exact) mass is 207 g/mol. The van der Waals surface area contributed by atoms with E-state index in [-0.39, 0.29) is 11.4 Å². The molecule has 0 saturated heterocycles. The van der Waals surface area contributed by atoms with E-state index in [1.54, 1.807) is 18.3 Å². The first kappa shape index (κ1) is 11.7. The van der Waals surface area contributed by atoms with E-state index in [1.165, 1.54) is 0 Å². The highest BCUT2D eigenvalue weighted by Gasteiger charge is 2.20. The first-order valence-electron chi connectivity index (χ1n) is 4.90. The van der Waals surface area contributed by atoms with E-state index in [0.29, 0.717) is 12.1 Å². The van der Waals surface area contributed by atoms with Crippen molar-refractivity contribution in [3.8, 4) is 0 Å². The minimum atomic E-state index is -0.390. The lowest BCUT2D eigenvalue weighted by Gasteiger charge is -2.24. The average Bonchev–Trinajstić information content (AvgIpc) is 2.17. The van der Waals surface area contributed by atoms with Crippen LogP contribution in [0.25, 0.3) is 0 Å². The molecular weight excluding hydrogens is 190 g/mol. The Balaban J connectivity index is 2.83. The number of carbonyl (C=O) groups excluding carboxylic acids is 1. The zero-order valence-electron chi connectivity index (χ0n) is 9.37. The number of nitrogens with one attached hydrogen (secondary N) is 1. The van der Waals surface area contributed by atoms with Gasteiger partial charge in [-0.1, -0.05) is 0 Å². The minimum Gasteiger partial charge on any atom is -0.346 e. The van der Waals surface area contributed by atoms with Gasteiger partial charge in [0.25, 0.3) is 5.91 Å². The van der Waals surface area contributed by atoms with E-state index in [9.17, 15) is 4.79 Å². The molecule has 1 aromatic heterocycles. The summed E-state index contributed by atoms with van der Waals surface area (Å²) in [5.74, 6) is -0.129. The Morgan fingerprint density at radius 2 is 2.27 bits per heavy atom. The fourth-order valence-corrected chi connectivity index (χ4v) is 1.15. The number of nitrogens with two attached hydrogens (primary N) is 1. The van der Waals surface area contributed by atoms with Crippen LogP contribution in [0.15, 0.2) is 18.3 Å². The normalized spacial score (nSPS) is 11.2. The Kier molecular flexibility index (Phi) is 3.42. The molecule has 82 valence electrons. The minimum absolute atomic E-state index is 0.129. The van der Waals surface area contributed by atoms with Crippen molar-refractivity contribution in [3.63, 3.8) is 0 Å². The van der Waals surface area contributed by atoms with E-state index in [2.05, 4.69) is 10.3 Å². The summed E-state index contributed by atoms with van der Waals surface area (Å²) in [5.41, 5.74) is 6.47. The van der Waals surface area contributed by atoms with Crippen LogP contribution in [0.2, 0.25) is 0 Å². The van der Waals surface area contributed by atoms with Gasteiger partial charge in [0, 0.05) is 24.0 Å². The molecule has 0 bridgehead atoms. The van der Waals surface area contributed by atoms with Crippen LogP contribution in [0.3, 0.4) is 0 Å². The standard InChI is InChI=1S/C11H17N3O/c1-8-9(5-4-6-13-8)10(15)14-11(2,3)7-12/h4-6H,7,12H2,1-3H3,(H,14,15). The lowest BCUT2D eigenvalue weighted by atomic mass is 10.0. The highest BCUT2D eigenvalue weighted by molar-refractivity contribution is 5.95. The summed E-state index contributed by atoms with van der Waals surface area (Å²) in [7, 11) is 0. The van der Waals surface area contributed by atoms with E-state index in [0.717, 1.165) is 5.69 Å². The van der Waals surface area contributed by atoms with Gasteiger partial charge in [-0.25, -0.2) is 0 Å². The molecule has 1 heterocycles. The molecule has 1 aromatic rings. The van der Waals surface area contributed by atoms with Crippen molar-refractivity contribution in [2.45, 2.75) is 26.3 Å². The molecule has 4 nitrogen and oxygen atoms in total. The second kappa shape index (κ2) is 4.40. The Labute approximate surface area is 89.9 Å². The van der Waals surface area contributed by atoms with E-state index in [1.807, 2.05) is 20.8 Å². The molecule has 0 aromatic carbocycles. The van der Waals surface area contributed by atoms with Gasteiger partial charge in [-0.05, 0) is 32.9 Å². The number of amides is 1. The summed E-state index contributed by atoms with van der Waals surface area (Å²) in [6, 6.07) is 3.50. The molecule has 0 atom stereocenters. The summed E-state index contributed by atoms with van der Waals surface area (Å²) in [6.07, 6.45) is 1.67. The van der Waals surface area contributed by atoms with Crippen LogP contribution in [0.4, 0.5) is 0 Å². The summed E-state index contributed by atoms with van der Waals surface area (Å²) in [6.45, 7) is 5.98. The van der Waals surface area contributed by atoms with Crippen molar-refractivity contribution < 1.29 is 4.79 Å². The molecule has 4 heteroatoms. The summed E-state index contributed by atoms with van der Waals surface area (Å²) < 4.78 is 0. The molecule has 0 unspecified atom stereocenters. The first-order chi connectivity index (χ1) is 6.96. The maximum Gasteiger partial charge on any atom is 0.253 e. The molecule has 0 aliphatic heterocycles. The number of hydrogen-bond acceptors (Lipinski definition) is 3. The van der Waals surface area contributed by atoms with Gasteiger partial charge in [0.15, 0.2) is 0 Å². The van der Waals surface area contributed by atoms with Crippen LogP contribution in [-0.4, -0.2) is 23.0 Å². The van der Waals surface area contributed by atoms with Gasteiger partial charge in [-0.2, -0.15) is 0 Å². The fraction of sp³-hybridized carbons (Fsp3) is 0.455. The molecule has 15 heavy (non-hydrogen) atoms. The van der Waals surface area contributed by atoms with Gasteiger partial charge < -0.3 is 11.1 Å². The predicted octanol–water partition coefficient (Wildman–Crippen LogP) is 0.857. The van der Waals surface area contributed by atoms with Gasteiger partial charge >= 0.3 is 0 Å². The van der Waals surface area contributed by atoms with Gasteiger partial charge in [0.05, 0.1) is 5.56 Å². The van der Waals surface area contributed by atoms with Crippen molar-refractivity contribution in [2.75, 3.05) is 6.54 Å². The van der Waals surface area contributed by atoms with Crippen LogP contribution in [0.5, 0.6) is 0 Å². The smallest absolute Gasteiger partial charge is 0.253 e. The molecular formula is C11H17N3O. The quantitative estimate of drug-likeness (QED) is 0.772. The second-order valence-electron chi connectivity index (χ2n) is 4.18. The summed E-state index contributed by atoms with van der Waals surface area (Å²) in [4.78, 5) is 15.9. The zero-order valence-corrected chi connectivity index (χ0v) is 9.37. The van der Waals surface area contributed by atoms with Gasteiger partial charge in [0.2, 0.25) is 0 Å². The maximum absolute atomic E-state index is 11.8. The van der Waals surface area contributed by atoms with Crippen LogP contribution in [0, 0.1) is 6.92 Å². The van der Waals surface area contributed by atoms with Gasteiger partial charge in [-0.15, -0.1) is 0 Å². The Morgan fingerprint density at radius 1 is 1.60 bits per heavy atom. The molecule has 1 amide bonds. The topological polar surface area (TPSA) is 68.0 Å². The van der Waals surface area contributed by atoms with Crippen molar-refractivity contribution in [2.24, 2.45) is 5.73 Å². The lowest BCUT2D eigenvalue weighted by Crippen LogP contribution is -2.49. The fourth-order valence-electron chi connectivity index (χ4n) is 1.15. The predicted molar refractivity (Wildman–Crippen MR) is 59.6 cm³/mol. The van der Waals surface area contributed by atoms with Crippen LogP contribution >= 0.6 is 0 Å². The number of rotatable bonds is 3. The number of carbonyl (C=O) groups is 1. The van der Waals surface area contributed by atoms with Crippen LogP contribution in [0.1, 0.15) is 29.9 Å². The molecule has 0 spiro atoms. The largest absolute Gasteiger partial charge is 0.346 e. The molecule has 0 radical (unpaired) electrons. The number of aryl methyl sites for hydroxylation is 1. The molecule has 0 saturated carbocycles. The van der Waals surface area contributed by atoms with E-state index < -0.39 is 0 Å². The highest BCUT2D eigenvalue weighted by Crippen LogP contribution is 2.06. The van der Waals surface area contributed by atoms with E-state index in [4.69, 9.17) is 5.73 Å². The number of aromatic nitrogens is 1. The SMILES string of the molecule is Cc1ncccc1C(=O)NC(C)(C)CN. The third kappa shape index (κ3) is 3.02. The Bertz CT molecular complexity index is 361. The molecule has 0 aliphatic carbocycles. The molecule has 3 N–H and O–H groups in total. The number of pyridine rings is 1. The van der Waals surface area contributed by atoms with Crippen LogP contribution < -0.4 is 11.1 Å². The molecule has 1 rings (SSSR count). The number of hydrogen-bond donors (Lipinski definition) is 2. The van der Waals surface area contributed by atoms with Crippen LogP contribution in [-0.2, 0) is 0 Å². The van der Waals surface area contributed by atoms with Crippen molar-refractivity contribution in [1.82, 2.24) is 10.3 Å². The Morgan fingerprint density at radius 3 is 2.80 bits per heavy atom. The Hall–Kier alpha value is -1.42. The van der Waals surface area contributed by atoms with Gasteiger partial charge in [-0.3, -0.25) is 9.78 Å². The third-order valence-electron chi connectivity index (χ3n) is 2.21. The van der Waals surface area contributed by atoms with Crippen molar-refractivity contribution >= 4 is 5.91 Å². The summed E-state index contributed by atoms with van der Waals surface area (Å²) >= 11 is 0. The maximum atomic E-state index is 11.8. The molecule has 0 fully saturated rings. The summed E-state index contributed by atoms with van der Waals surface area (Å²) in [5, 5.41) is 2.86. The highest BCUT2D eigenvalue weighted by atomic mass is 16.1. The zero-order chi connectivity index (χ0) is 11.5.